The van der Waals surface area contributed by atoms with Crippen molar-refractivity contribution in [2.45, 2.75) is 0 Å². The molecule has 76 valence electrons. The molecule has 0 bridgehead atoms. The molecular formula is C10H3BrN4S. The van der Waals surface area contributed by atoms with Crippen LogP contribution < -0.4 is 0 Å². The lowest BCUT2D eigenvalue weighted by Crippen LogP contribution is -1.85. The lowest BCUT2D eigenvalue weighted by Gasteiger charge is -1.99. The van der Waals surface area contributed by atoms with Crippen LogP contribution in [0.5, 0.6) is 0 Å². The number of fused-ring (bicyclic) bond motifs is 1. The number of halogens is 1. The van der Waals surface area contributed by atoms with Crippen LogP contribution in [0.3, 0.4) is 0 Å². The molecule has 0 radical (unpaired) electrons. The van der Waals surface area contributed by atoms with E-state index < -0.39 is 0 Å². The molecule has 4 nitrogen and oxygen atoms in total. The second kappa shape index (κ2) is 4.40. The molecular weight excluding hydrogens is 288 g/mol. The predicted molar refractivity (Wildman–Crippen MR) is 64.3 cm³/mol. The van der Waals surface area contributed by atoms with Gasteiger partial charge in [-0.15, -0.1) is 0 Å². The largest absolute Gasteiger partial charge is 0.193 e. The van der Waals surface area contributed by atoms with Gasteiger partial charge in [0.1, 0.15) is 17.1 Å². The van der Waals surface area contributed by atoms with Gasteiger partial charge in [0, 0.05) is 16.1 Å². The average Bonchev–Trinajstić information content (AvgIpc) is 2.77. The van der Waals surface area contributed by atoms with Gasteiger partial charge in [-0.05, 0) is 22.0 Å². The van der Waals surface area contributed by atoms with Gasteiger partial charge in [0.25, 0.3) is 0 Å². The molecule has 0 fully saturated rings. The molecule has 0 spiro atoms. The molecule has 2 rings (SSSR count). The van der Waals surface area contributed by atoms with Crippen LogP contribution >= 0.6 is 27.7 Å². The summed E-state index contributed by atoms with van der Waals surface area (Å²) in [5.41, 5.74) is 2.28. The zero-order valence-corrected chi connectivity index (χ0v) is 10.2. The van der Waals surface area contributed by atoms with E-state index in [-0.39, 0.29) is 0 Å². The number of nitrogens with zero attached hydrogens (tertiary/aromatic N) is 4. The summed E-state index contributed by atoms with van der Waals surface area (Å²) in [7, 11) is 0. The van der Waals surface area contributed by atoms with Crippen molar-refractivity contribution in [2.75, 3.05) is 0 Å². The monoisotopic (exact) mass is 290 g/mol. The Labute approximate surface area is 104 Å². The third-order valence-electron chi connectivity index (χ3n) is 1.99. The maximum Gasteiger partial charge on any atom is 0.119 e. The van der Waals surface area contributed by atoms with Gasteiger partial charge in [-0.25, -0.2) is 0 Å². The molecule has 2 aromatic rings. The number of hydrogen-bond acceptors (Lipinski definition) is 5. The zero-order valence-electron chi connectivity index (χ0n) is 7.81. The summed E-state index contributed by atoms with van der Waals surface area (Å²) in [6.45, 7) is 0. The van der Waals surface area contributed by atoms with Crippen LogP contribution in [0.2, 0.25) is 0 Å². The summed E-state index contributed by atoms with van der Waals surface area (Å²) in [5.74, 6) is 0. The van der Waals surface area contributed by atoms with Crippen molar-refractivity contribution in [2.24, 2.45) is 0 Å². The number of rotatable bonds is 1. The number of nitriles is 2. The lowest BCUT2D eigenvalue weighted by molar-refractivity contribution is 1.50. The van der Waals surface area contributed by atoms with Crippen LogP contribution in [-0.4, -0.2) is 8.75 Å². The molecule has 0 atom stereocenters. The van der Waals surface area contributed by atoms with E-state index in [1.807, 2.05) is 12.1 Å². The third-order valence-corrected chi connectivity index (χ3v) is 3.15. The van der Waals surface area contributed by atoms with Gasteiger partial charge in [0.2, 0.25) is 0 Å². The molecule has 1 aromatic heterocycles. The molecule has 1 aromatic carbocycles. The van der Waals surface area contributed by atoms with Gasteiger partial charge in [-0.3, -0.25) is 0 Å². The molecule has 0 aliphatic rings. The molecule has 16 heavy (non-hydrogen) atoms. The molecule has 1 heterocycles. The summed E-state index contributed by atoms with van der Waals surface area (Å²) in [6.07, 6.45) is 1.21. The summed E-state index contributed by atoms with van der Waals surface area (Å²) in [4.78, 5) is 0. The van der Waals surface area contributed by atoms with Gasteiger partial charge in [0.05, 0.1) is 23.4 Å². The Balaban J connectivity index is 2.77. The number of hydrogen-bond donors (Lipinski definition) is 0. The Kier molecular flexibility index (Phi) is 2.95. The quantitative estimate of drug-likeness (QED) is 0.757. The molecule has 6 heteroatoms. The Morgan fingerprint density at radius 3 is 2.75 bits per heavy atom. The van der Waals surface area contributed by atoms with Crippen LogP contribution in [-0.2, 0) is 0 Å². The topological polar surface area (TPSA) is 73.4 Å². The zero-order chi connectivity index (χ0) is 11.5. The highest BCUT2D eigenvalue weighted by atomic mass is 79.9. The predicted octanol–water partition coefficient (Wildman–Crippen LogP) is 2.88. The van der Waals surface area contributed by atoms with E-state index in [2.05, 4.69) is 24.7 Å². The van der Waals surface area contributed by atoms with Crippen molar-refractivity contribution in [3.05, 3.63) is 28.2 Å². The van der Waals surface area contributed by atoms with E-state index in [4.69, 9.17) is 10.5 Å². The van der Waals surface area contributed by atoms with Gasteiger partial charge < -0.3 is 0 Å². The van der Waals surface area contributed by atoms with Crippen molar-refractivity contribution in [3.63, 3.8) is 0 Å². The molecule has 0 aliphatic heterocycles. The summed E-state index contributed by atoms with van der Waals surface area (Å²) >= 11 is 4.43. The second-order valence-electron chi connectivity index (χ2n) is 2.86. The summed E-state index contributed by atoms with van der Waals surface area (Å²) in [6, 6.07) is 7.37. The molecule has 0 unspecified atom stereocenters. The Hall–Kier alpha value is -1.76. The standard InChI is InChI=1S/C10H3BrN4S/c11-8-2-1-7(6(5-13)3-4-12)9-10(8)15-16-14-9/h1-3H. The third kappa shape index (κ3) is 1.69. The molecule has 0 saturated heterocycles. The Morgan fingerprint density at radius 1 is 1.31 bits per heavy atom. The Morgan fingerprint density at radius 2 is 2.06 bits per heavy atom. The first-order chi connectivity index (χ1) is 7.77. The van der Waals surface area contributed by atoms with E-state index in [0.717, 1.165) is 16.2 Å². The first-order valence-electron chi connectivity index (χ1n) is 4.19. The van der Waals surface area contributed by atoms with Crippen LogP contribution in [0.1, 0.15) is 5.56 Å². The van der Waals surface area contributed by atoms with E-state index >= 15 is 0 Å². The highest BCUT2D eigenvalue weighted by Gasteiger charge is 2.11. The fraction of sp³-hybridized carbons (Fsp3) is 0. The highest BCUT2D eigenvalue weighted by Crippen LogP contribution is 2.28. The number of allylic oxidation sites excluding steroid dienone is 2. The van der Waals surface area contributed by atoms with Crippen LogP contribution in [0.15, 0.2) is 22.7 Å². The minimum Gasteiger partial charge on any atom is -0.193 e. The molecule has 0 amide bonds. The van der Waals surface area contributed by atoms with E-state index in [1.54, 1.807) is 12.1 Å². The van der Waals surface area contributed by atoms with Crippen LogP contribution in [0.25, 0.3) is 16.6 Å². The normalized spacial score (nSPS) is 11.1. The summed E-state index contributed by atoms with van der Waals surface area (Å²) < 4.78 is 9.08. The smallest absolute Gasteiger partial charge is 0.119 e. The van der Waals surface area contributed by atoms with Crippen LogP contribution in [0.4, 0.5) is 0 Å². The lowest BCUT2D eigenvalue weighted by atomic mass is 10.1. The maximum atomic E-state index is 8.95. The van der Waals surface area contributed by atoms with Crippen molar-refractivity contribution < 1.29 is 0 Å². The Bertz CT molecular complexity index is 659. The molecule has 0 aliphatic carbocycles. The average molecular weight is 291 g/mol. The summed E-state index contributed by atoms with van der Waals surface area (Å²) in [5, 5.41) is 17.5. The highest BCUT2D eigenvalue weighted by molar-refractivity contribution is 9.10. The van der Waals surface area contributed by atoms with Crippen molar-refractivity contribution >= 4 is 44.3 Å². The maximum absolute atomic E-state index is 8.95. The second-order valence-corrected chi connectivity index (χ2v) is 4.24. The van der Waals surface area contributed by atoms with E-state index in [9.17, 15) is 0 Å². The fourth-order valence-corrected chi connectivity index (χ4v) is 2.39. The SMILES string of the molecule is N#CC=C(C#N)c1ccc(Br)c2nsnc12. The minimum absolute atomic E-state index is 0.299. The van der Waals surface area contributed by atoms with Crippen molar-refractivity contribution in [1.29, 1.82) is 10.5 Å². The van der Waals surface area contributed by atoms with E-state index in [0.29, 0.717) is 22.2 Å². The first kappa shape index (κ1) is 10.7. The molecule has 0 saturated carbocycles. The first-order valence-corrected chi connectivity index (χ1v) is 5.71. The van der Waals surface area contributed by atoms with E-state index in [1.165, 1.54) is 6.08 Å². The van der Waals surface area contributed by atoms with Gasteiger partial charge >= 0.3 is 0 Å². The van der Waals surface area contributed by atoms with Gasteiger partial charge in [-0.1, -0.05) is 6.07 Å². The van der Waals surface area contributed by atoms with Gasteiger partial charge in [-0.2, -0.15) is 19.3 Å². The van der Waals surface area contributed by atoms with Crippen LogP contribution in [0, 0.1) is 22.7 Å². The minimum atomic E-state index is 0.299. The number of benzene rings is 1. The van der Waals surface area contributed by atoms with Crippen molar-refractivity contribution in [1.82, 2.24) is 8.75 Å². The fourth-order valence-electron chi connectivity index (χ4n) is 1.29. The molecule has 0 N–H and O–H groups in total. The number of aromatic nitrogens is 2. The van der Waals surface area contributed by atoms with Crippen molar-refractivity contribution in [3.8, 4) is 12.1 Å². The van der Waals surface area contributed by atoms with Gasteiger partial charge in [0.15, 0.2) is 0 Å².